The molecule has 0 aliphatic rings. The van der Waals surface area contributed by atoms with Gasteiger partial charge in [0, 0.05) is 17.3 Å². The molecular formula is C42H34N2O. The van der Waals surface area contributed by atoms with E-state index in [0.29, 0.717) is 5.89 Å². The topological polar surface area (TPSA) is 38.4 Å². The Hall–Kier alpha value is -5.54. The van der Waals surface area contributed by atoms with E-state index in [9.17, 15) is 0 Å². The highest BCUT2D eigenvalue weighted by atomic mass is 16.3. The molecule has 0 saturated carbocycles. The summed E-state index contributed by atoms with van der Waals surface area (Å²) >= 11 is 0. The van der Waals surface area contributed by atoms with E-state index >= 15 is 0 Å². The van der Waals surface area contributed by atoms with Crippen molar-refractivity contribution in [2.75, 3.05) is 0 Å². The fourth-order valence-corrected chi connectivity index (χ4v) is 6.09. The first-order chi connectivity index (χ1) is 22.1. The highest BCUT2D eigenvalue weighted by Crippen LogP contribution is 2.34. The zero-order valence-electron chi connectivity index (χ0n) is 25.8. The van der Waals surface area contributed by atoms with Gasteiger partial charge in [-0.05, 0) is 100 Å². The average molecular weight is 583 g/mol. The van der Waals surface area contributed by atoms with Crippen LogP contribution in [0.5, 0.6) is 0 Å². The van der Waals surface area contributed by atoms with Gasteiger partial charge in [0.05, 0.1) is 5.70 Å². The van der Waals surface area contributed by atoms with E-state index in [2.05, 4.69) is 146 Å². The molecule has 0 unspecified atom stereocenters. The second-order valence-electron chi connectivity index (χ2n) is 11.3. The predicted octanol–water partition coefficient (Wildman–Crippen LogP) is 11.8. The van der Waals surface area contributed by atoms with Crippen LogP contribution in [0.15, 0.2) is 143 Å². The summed E-state index contributed by atoms with van der Waals surface area (Å²) in [5.41, 5.74) is 12.9. The second-order valence-corrected chi connectivity index (χ2v) is 11.3. The van der Waals surface area contributed by atoms with Crippen LogP contribution in [0.4, 0.5) is 0 Å². The van der Waals surface area contributed by atoms with Gasteiger partial charge in [-0.3, -0.25) is 4.99 Å². The number of benzene rings is 6. The van der Waals surface area contributed by atoms with Crippen LogP contribution in [-0.4, -0.2) is 11.2 Å². The first kappa shape index (κ1) is 28.2. The number of hydrogen-bond donors (Lipinski definition) is 0. The molecule has 45 heavy (non-hydrogen) atoms. The third-order valence-corrected chi connectivity index (χ3v) is 8.32. The molecule has 0 aliphatic carbocycles. The molecule has 0 fully saturated rings. The summed E-state index contributed by atoms with van der Waals surface area (Å²) < 4.78 is 6.33. The van der Waals surface area contributed by atoms with Gasteiger partial charge in [-0.1, -0.05) is 110 Å². The largest absolute Gasteiger partial charge is 0.436 e. The van der Waals surface area contributed by atoms with Crippen LogP contribution in [0, 0.1) is 6.92 Å². The van der Waals surface area contributed by atoms with Crippen molar-refractivity contribution < 1.29 is 4.42 Å². The lowest BCUT2D eigenvalue weighted by Crippen LogP contribution is -1.88. The fourth-order valence-electron chi connectivity index (χ4n) is 6.09. The molecule has 0 bridgehead atoms. The van der Waals surface area contributed by atoms with Crippen molar-refractivity contribution in [1.29, 1.82) is 0 Å². The molecule has 0 amide bonds. The number of rotatable bonds is 7. The van der Waals surface area contributed by atoms with Crippen molar-refractivity contribution in [1.82, 2.24) is 4.98 Å². The smallest absolute Gasteiger partial charge is 0.227 e. The van der Waals surface area contributed by atoms with E-state index in [1.807, 2.05) is 19.2 Å². The van der Waals surface area contributed by atoms with Crippen molar-refractivity contribution in [2.24, 2.45) is 4.99 Å². The number of nitrogens with zero attached hydrogens (tertiary/aromatic N) is 2. The SMILES string of the molecule is CC=N/C(=C\CC)c1cccc(-c2ccc(-c3nc4ccc(-c5ccc(-c6cccc7ccccc67)cc5)cc4o3)cc2C)c1. The Morgan fingerprint density at radius 3 is 2.27 bits per heavy atom. The number of oxazole rings is 1. The molecule has 0 spiro atoms. The average Bonchev–Trinajstić information content (AvgIpc) is 3.52. The summed E-state index contributed by atoms with van der Waals surface area (Å²) in [4.78, 5) is 9.42. The Kier molecular flexibility index (Phi) is 7.67. The van der Waals surface area contributed by atoms with Gasteiger partial charge < -0.3 is 4.42 Å². The molecule has 0 aliphatic heterocycles. The Morgan fingerprint density at radius 1 is 0.689 bits per heavy atom. The van der Waals surface area contributed by atoms with E-state index in [0.717, 1.165) is 45.5 Å². The zero-order chi connectivity index (χ0) is 30.8. The minimum atomic E-state index is 0.627. The van der Waals surface area contributed by atoms with Crippen molar-refractivity contribution in [3.8, 4) is 44.8 Å². The maximum Gasteiger partial charge on any atom is 0.227 e. The van der Waals surface area contributed by atoms with E-state index < -0.39 is 0 Å². The molecule has 6 aromatic carbocycles. The zero-order valence-corrected chi connectivity index (χ0v) is 25.8. The van der Waals surface area contributed by atoms with Crippen molar-refractivity contribution in [3.05, 3.63) is 145 Å². The Labute approximate surface area is 264 Å². The summed E-state index contributed by atoms with van der Waals surface area (Å²) in [6.07, 6.45) is 4.95. The van der Waals surface area contributed by atoms with Gasteiger partial charge in [-0.15, -0.1) is 0 Å². The summed E-state index contributed by atoms with van der Waals surface area (Å²) in [6, 6.07) is 45.0. The lowest BCUT2D eigenvalue weighted by Gasteiger charge is -2.10. The number of fused-ring (bicyclic) bond motifs is 2. The summed E-state index contributed by atoms with van der Waals surface area (Å²) in [5.74, 6) is 0.627. The van der Waals surface area contributed by atoms with Gasteiger partial charge in [-0.25, -0.2) is 4.98 Å². The summed E-state index contributed by atoms with van der Waals surface area (Å²) in [6.45, 7) is 6.23. The monoisotopic (exact) mass is 582 g/mol. The number of allylic oxidation sites excluding steroid dienone is 1. The van der Waals surface area contributed by atoms with E-state index in [4.69, 9.17) is 9.40 Å². The van der Waals surface area contributed by atoms with Crippen LogP contribution < -0.4 is 0 Å². The Bertz CT molecular complexity index is 2210. The quantitative estimate of drug-likeness (QED) is 0.175. The molecule has 7 aromatic rings. The number of hydrogen-bond acceptors (Lipinski definition) is 3. The van der Waals surface area contributed by atoms with Crippen molar-refractivity contribution in [3.63, 3.8) is 0 Å². The molecule has 3 heteroatoms. The molecule has 1 aromatic heterocycles. The van der Waals surface area contributed by atoms with Crippen LogP contribution in [0.1, 0.15) is 31.4 Å². The third kappa shape index (κ3) is 5.61. The molecule has 0 atom stereocenters. The number of aliphatic imine (C=N–C) groups is 1. The van der Waals surface area contributed by atoms with Crippen LogP contribution in [0.2, 0.25) is 0 Å². The standard InChI is InChI=1S/C42H34N2O/c1-4-10-39(43-5-2)34-14-8-13-33(26-34)36-23-21-35(25-28(36)3)42-44-40-24-22-32(27-41(40)45-42)29-17-19-31(20-18-29)38-16-9-12-30-11-6-7-15-37(30)38/h5-27H,4H2,1-3H3/b39-10-,43-5?. The first-order valence-electron chi connectivity index (χ1n) is 15.5. The van der Waals surface area contributed by atoms with E-state index in [1.165, 1.54) is 38.6 Å². The lowest BCUT2D eigenvalue weighted by molar-refractivity contribution is 0.620. The van der Waals surface area contributed by atoms with Gasteiger partial charge in [0.15, 0.2) is 5.58 Å². The molecule has 7 rings (SSSR count). The molecule has 0 saturated heterocycles. The van der Waals surface area contributed by atoms with Crippen LogP contribution in [-0.2, 0) is 0 Å². The molecule has 3 nitrogen and oxygen atoms in total. The maximum absolute atomic E-state index is 6.33. The van der Waals surface area contributed by atoms with Gasteiger partial charge in [0.2, 0.25) is 5.89 Å². The van der Waals surface area contributed by atoms with Crippen molar-refractivity contribution >= 4 is 33.8 Å². The van der Waals surface area contributed by atoms with Crippen LogP contribution in [0.25, 0.3) is 72.4 Å². The summed E-state index contributed by atoms with van der Waals surface area (Å²) in [5, 5.41) is 2.51. The van der Waals surface area contributed by atoms with Crippen LogP contribution in [0.3, 0.4) is 0 Å². The number of aryl methyl sites for hydroxylation is 1. The Morgan fingerprint density at radius 2 is 1.44 bits per heavy atom. The first-order valence-corrected chi connectivity index (χ1v) is 15.5. The van der Waals surface area contributed by atoms with Gasteiger partial charge >= 0.3 is 0 Å². The molecule has 0 radical (unpaired) electrons. The highest BCUT2D eigenvalue weighted by molar-refractivity contribution is 5.97. The lowest BCUT2D eigenvalue weighted by atomic mass is 9.96. The molecule has 1 heterocycles. The predicted molar refractivity (Wildman–Crippen MR) is 190 cm³/mol. The fraction of sp³-hybridized carbons (Fsp3) is 0.0952. The van der Waals surface area contributed by atoms with Crippen LogP contribution >= 0.6 is 0 Å². The summed E-state index contributed by atoms with van der Waals surface area (Å²) in [7, 11) is 0. The number of aromatic nitrogens is 1. The Balaban J connectivity index is 1.16. The molecule has 218 valence electrons. The minimum absolute atomic E-state index is 0.627. The normalized spacial score (nSPS) is 12.0. The minimum Gasteiger partial charge on any atom is -0.436 e. The van der Waals surface area contributed by atoms with Gasteiger partial charge in [0.1, 0.15) is 5.52 Å². The maximum atomic E-state index is 6.33. The van der Waals surface area contributed by atoms with E-state index in [1.54, 1.807) is 0 Å². The third-order valence-electron chi connectivity index (χ3n) is 8.32. The van der Waals surface area contributed by atoms with E-state index in [-0.39, 0.29) is 0 Å². The highest BCUT2D eigenvalue weighted by Gasteiger charge is 2.13. The van der Waals surface area contributed by atoms with Gasteiger partial charge in [-0.2, -0.15) is 0 Å². The second kappa shape index (κ2) is 12.2. The molecule has 0 N–H and O–H groups in total. The van der Waals surface area contributed by atoms with Gasteiger partial charge in [0.25, 0.3) is 0 Å². The molecular weight excluding hydrogens is 548 g/mol. The van der Waals surface area contributed by atoms with Crippen molar-refractivity contribution in [2.45, 2.75) is 27.2 Å².